The second kappa shape index (κ2) is 4.96. The van der Waals surface area contributed by atoms with Gasteiger partial charge in [0.2, 0.25) is 0 Å². The van der Waals surface area contributed by atoms with Crippen LogP contribution >= 0.6 is 11.6 Å². The van der Waals surface area contributed by atoms with Crippen LogP contribution < -0.4 is 5.32 Å². The molecule has 1 heterocycles. The molecule has 1 aliphatic rings. The highest BCUT2D eigenvalue weighted by molar-refractivity contribution is 7.90. The first kappa shape index (κ1) is 12.9. The van der Waals surface area contributed by atoms with Crippen molar-refractivity contribution in [2.75, 3.05) is 12.8 Å². The number of benzene rings is 1. The molecule has 1 saturated heterocycles. The summed E-state index contributed by atoms with van der Waals surface area (Å²) in [6, 6.07) is 5.30. The third-order valence-electron chi connectivity index (χ3n) is 3.03. The van der Waals surface area contributed by atoms with Gasteiger partial charge in [-0.05, 0) is 43.1 Å². The summed E-state index contributed by atoms with van der Waals surface area (Å²) in [6.07, 6.45) is 4.58. The Hall–Kier alpha value is -0.580. The predicted molar refractivity (Wildman–Crippen MR) is 69.2 cm³/mol. The van der Waals surface area contributed by atoms with Crippen LogP contribution in [0.5, 0.6) is 0 Å². The number of hydrogen-bond donors (Lipinski definition) is 1. The average molecular weight is 274 g/mol. The van der Waals surface area contributed by atoms with Gasteiger partial charge in [0.1, 0.15) is 0 Å². The fraction of sp³-hybridized carbons (Fsp3) is 0.500. The summed E-state index contributed by atoms with van der Waals surface area (Å²) in [5, 5.41) is 3.87. The number of hydrogen-bond acceptors (Lipinski definition) is 3. The van der Waals surface area contributed by atoms with Crippen molar-refractivity contribution in [3.05, 3.63) is 28.8 Å². The molecule has 1 fully saturated rings. The van der Waals surface area contributed by atoms with E-state index in [1.165, 1.54) is 25.2 Å². The van der Waals surface area contributed by atoms with Crippen LogP contribution in [-0.4, -0.2) is 21.2 Å². The van der Waals surface area contributed by atoms with Crippen LogP contribution in [0.3, 0.4) is 0 Å². The van der Waals surface area contributed by atoms with E-state index in [-0.39, 0.29) is 6.04 Å². The molecule has 0 amide bonds. The van der Waals surface area contributed by atoms with Crippen LogP contribution in [0.1, 0.15) is 30.9 Å². The van der Waals surface area contributed by atoms with E-state index in [0.29, 0.717) is 9.92 Å². The van der Waals surface area contributed by atoms with Crippen molar-refractivity contribution in [2.24, 2.45) is 0 Å². The van der Waals surface area contributed by atoms with E-state index >= 15 is 0 Å². The minimum Gasteiger partial charge on any atom is -0.310 e. The highest BCUT2D eigenvalue weighted by Gasteiger charge is 2.17. The van der Waals surface area contributed by atoms with Crippen LogP contribution in [0.2, 0.25) is 5.02 Å². The maximum Gasteiger partial charge on any atom is 0.175 e. The maximum absolute atomic E-state index is 11.5. The van der Waals surface area contributed by atoms with Crippen LogP contribution in [0.15, 0.2) is 23.1 Å². The first-order valence-electron chi connectivity index (χ1n) is 5.71. The monoisotopic (exact) mass is 273 g/mol. The zero-order valence-electron chi connectivity index (χ0n) is 9.74. The smallest absolute Gasteiger partial charge is 0.175 e. The standard InChI is InChI=1S/C12H16ClNO2S/c1-17(15,16)11-7-9(6-10(13)8-11)12-4-2-3-5-14-12/h6-8,12,14H,2-5H2,1H3. The summed E-state index contributed by atoms with van der Waals surface area (Å²) in [5.41, 5.74) is 0.970. The summed E-state index contributed by atoms with van der Waals surface area (Å²) in [4.78, 5) is 0.298. The topological polar surface area (TPSA) is 46.2 Å². The molecular formula is C12H16ClNO2S. The first-order valence-corrected chi connectivity index (χ1v) is 7.98. The second-order valence-electron chi connectivity index (χ2n) is 4.49. The molecule has 94 valence electrons. The molecule has 1 unspecified atom stereocenters. The van der Waals surface area contributed by atoms with Crippen LogP contribution in [-0.2, 0) is 9.84 Å². The predicted octanol–water partition coefficient (Wildman–Crippen LogP) is 2.56. The van der Waals surface area contributed by atoms with Crippen LogP contribution in [0, 0.1) is 0 Å². The molecule has 5 heteroatoms. The van der Waals surface area contributed by atoms with Gasteiger partial charge in [-0.15, -0.1) is 0 Å². The van der Waals surface area contributed by atoms with Crippen molar-refractivity contribution >= 4 is 21.4 Å². The molecule has 1 aliphatic heterocycles. The number of halogens is 1. The van der Waals surface area contributed by atoms with E-state index in [4.69, 9.17) is 11.6 Å². The molecule has 2 rings (SSSR count). The van der Waals surface area contributed by atoms with Gasteiger partial charge in [-0.25, -0.2) is 8.42 Å². The Morgan fingerprint density at radius 2 is 2.06 bits per heavy atom. The molecule has 0 bridgehead atoms. The van der Waals surface area contributed by atoms with Gasteiger partial charge in [-0.1, -0.05) is 18.0 Å². The molecule has 0 saturated carbocycles. The summed E-state index contributed by atoms with van der Waals surface area (Å²) in [7, 11) is -3.20. The number of piperidine rings is 1. The van der Waals surface area contributed by atoms with Gasteiger partial charge in [0.05, 0.1) is 4.90 Å². The van der Waals surface area contributed by atoms with Crippen molar-refractivity contribution in [1.82, 2.24) is 5.32 Å². The summed E-state index contributed by atoms with van der Waals surface area (Å²) >= 11 is 5.98. The van der Waals surface area contributed by atoms with E-state index in [2.05, 4.69) is 5.32 Å². The third-order valence-corrected chi connectivity index (χ3v) is 4.34. The number of nitrogens with one attached hydrogen (secondary N) is 1. The third kappa shape index (κ3) is 3.21. The fourth-order valence-electron chi connectivity index (χ4n) is 2.14. The van der Waals surface area contributed by atoms with Crippen molar-refractivity contribution in [1.29, 1.82) is 0 Å². The minimum atomic E-state index is -3.20. The zero-order valence-corrected chi connectivity index (χ0v) is 11.3. The number of rotatable bonds is 2. The maximum atomic E-state index is 11.5. The van der Waals surface area contributed by atoms with E-state index in [0.717, 1.165) is 18.5 Å². The molecule has 1 atom stereocenters. The Kier molecular flexibility index (Phi) is 3.76. The molecule has 0 radical (unpaired) electrons. The highest BCUT2D eigenvalue weighted by atomic mass is 35.5. The van der Waals surface area contributed by atoms with Crippen LogP contribution in [0.4, 0.5) is 0 Å². The lowest BCUT2D eigenvalue weighted by Gasteiger charge is -2.24. The van der Waals surface area contributed by atoms with E-state index in [1.807, 2.05) is 6.07 Å². The Balaban J connectivity index is 2.37. The van der Waals surface area contributed by atoms with E-state index in [1.54, 1.807) is 6.07 Å². The molecule has 1 aromatic carbocycles. The van der Waals surface area contributed by atoms with Crippen molar-refractivity contribution in [3.63, 3.8) is 0 Å². The Morgan fingerprint density at radius 3 is 2.65 bits per heavy atom. The normalized spacial score (nSPS) is 21.4. The lowest BCUT2D eigenvalue weighted by molar-refractivity contribution is 0.412. The van der Waals surface area contributed by atoms with E-state index in [9.17, 15) is 8.42 Å². The van der Waals surface area contributed by atoms with Gasteiger partial charge < -0.3 is 5.32 Å². The Labute approximate surface area is 107 Å². The molecule has 17 heavy (non-hydrogen) atoms. The van der Waals surface area contributed by atoms with Gasteiger partial charge >= 0.3 is 0 Å². The Morgan fingerprint density at radius 1 is 1.29 bits per heavy atom. The largest absolute Gasteiger partial charge is 0.310 e. The second-order valence-corrected chi connectivity index (χ2v) is 6.95. The lowest BCUT2D eigenvalue weighted by atomic mass is 9.98. The van der Waals surface area contributed by atoms with Crippen molar-refractivity contribution < 1.29 is 8.42 Å². The van der Waals surface area contributed by atoms with Gasteiger partial charge in [-0.3, -0.25) is 0 Å². The lowest BCUT2D eigenvalue weighted by Crippen LogP contribution is -2.26. The molecule has 0 aromatic heterocycles. The fourth-order valence-corrected chi connectivity index (χ4v) is 3.14. The quantitative estimate of drug-likeness (QED) is 0.901. The summed E-state index contributed by atoms with van der Waals surface area (Å²) < 4.78 is 23.1. The molecule has 3 nitrogen and oxygen atoms in total. The van der Waals surface area contributed by atoms with Crippen LogP contribution in [0.25, 0.3) is 0 Å². The van der Waals surface area contributed by atoms with Gasteiger partial charge in [0, 0.05) is 17.3 Å². The summed E-state index contributed by atoms with van der Waals surface area (Å²) in [5.74, 6) is 0. The van der Waals surface area contributed by atoms with Crippen molar-refractivity contribution in [3.8, 4) is 0 Å². The van der Waals surface area contributed by atoms with Gasteiger partial charge in [-0.2, -0.15) is 0 Å². The zero-order chi connectivity index (χ0) is 12.5. The average Bonchev–Trinajstić information content (AvgIpc) is 2.28. The van der Waals surface area contributed by atoms with E-state index < -0.39 is 9.84 Å². The summed E-state index contributed by atoms with van der Waals surface area (Å²) in [6.45, 7) is 0.978. The molecule has 0 spiro atoms. The first-order chi connectivity index (χ1) is 7.97. The highest BCUT2D eigenvalue weighted by Crippen LogP contribution is 2.27. The molecule has 1 N–H and O–H groups in total. The SMILES string of the molecule is CS(=O)(=O)c1cc(Cl)cc(C2CCCCN2)c1. The van der Waals surface area contributed by atoms with Gasteiger partial charge in [0.15, 0.2) is 9.84 Å². The number of sulfone groups is 1. The minimum absolute atomic E-state index is 0.225. The molecular weight excluding hydrogens is 258 g/mol. The molecule has 1 aromatic rings. The molecule has 0 aliphatic carbocycles. The Bertz CT molecular complexity index is 507. The van der Waals surface area contributed by atoms with Crippen molar-refractivity contribution in [2.45, 2.75) is 30.2 Å². The van der Waals surface area contributed by atoms with Gasteiger partial charge in [0.25, 0.3) is 0 Å².